The lowest BCUT2D eigenvalue weighted by molar-refractivity contribution is 0.282. The van der Waals surface area contributed by atoms with Crippen molar-refractivity contribution in [2.75, 3.05) is 7.11 Å². The molecule has 0 aliphatic heterocycles. The van der Waals surface area contributed by atoms with Crippen molar-refractivity contribution in [3.8, 4) is 17.6 Å². The average molecular weight is 550 g/mol. The minimum Gasteiger partial charge on any atom is -0.493 e. The predicted octanol–water partition coefficient (Wildman–Crippen LogP) is 7.56. The summed E-state index contributed by atoms with van der Waals surface area (Å²) in [6, 6.07) is 19.2. The molecule has 0 heterocycles. The third-order valence-corrected chi connectivity index (χ3v) is 5.82. The van der Waals surface area contributed by atoms with Crippen molar-refractivity contribution in [2.45, 2.75) is 13.5 Å². The van der Waals surface area contributed by atoms with Crippen LogP contribution in [0.1, 0.15) is 22.3 Å². The molecule has 6 heteroatoms. The number of benzene rings is 3. The first-order valence-electron chi connectivity index (χ1n) is 9.04. The van der Waals surface area contributed by atoms with Crippen LogP contribution in [0.3, 0.4) is 0 Å². The van der Waals surface area contributed by atoms with Crippen molar-refractivity contribution in [2.24, 2.45) is 0 Å². The molecule has 152 valence electrons. The summed E-state index contributed by atoms with van der Waals surface area (Å²) in [6.07, 6.45) is 1.84. The maximum absolute atomic E-state index is 9.62. The Balaban J connectivity index is 1.89. The number of rotatable bonds is 6. The fraction of sp³-hybridized carbons (Fsp3) is 0.125. The number of hydrogen-bond acceptors (Lipinski definition) is 3. The van der Waals surface area contributed by atoms with Crippen LogP contribution in [0.2, 0.25) is 10.0 Å². The Hall–Kier alpha value is -2.20. The second kappa shape index (κ2) is 10.2. The van der Waals surface area contributed by atoms with E-state index in [1.165, 1.54) is 0 Å². The summed E-state index contributed by atoms with van der Waals surface area (Å²) < 4.78 is 12.4. The lowest BCUT2D eigenvalue weighted by atomic mass is 10.0. The standard InChI is InChI=1S/C24H18Cl2INO2/c1-15-3-5-17(6-4-15)19(13-28)9-16-10-22(27)24(23(11-16)29-2)30-14-18-7-8-20(25)12-21(18)26/h3-12H,14H2,1-2H3. The Morgan fingerprint density at radius 3 is 2.47 bits per heavy atom. The predicted molar refractivity (Wildman–Crippen MR) is 131 cm³/mol. The third kappa shape index (κ3) is 5.48. The highest BCUT2D eigenvalue weighted by atomic mass is 127. The zero-order valence-corrected chi connectivity index (χ0v) is 20.0. The van der Waals surface area contributed by atoms with Gasteiger partial charge in [-0.2, -0.15) is 5.26 Å². The topological polar surface area (TPSA) is 42.2 Å². The molecule has 0 aliphatic carbocycles. The van der Waals surface area contributed by atoms with Gasteiger partial charge in [0.05, 0.1) is 22.3 Å². The molecule has 0 radical (unpaired) electrons. The summed E-state index contributed by atoms with van der Waals surface area (Å²) in [5.74, 6) is 1.20. The lowest BCUT2D eigenvalue weighted by Crippen LogP contribution is -2.01. The number of halogens is 3. The van der Waals surface area contributed by atoms with E-state index in [0.717, 1.165) is 25.8 Å². The number of nitrogens with zero attached hydrogens (tertiary/aromatic N) is 1. The molecule has 0 amide bonds. The van der Waals surface area contributed by atoms with Gasteiger partial charge in [-0.15, -0.1) is 0 Å². The Kier molecular flexibility index (Phi) is 7.65. The molecule has 0 aromatic heterocycles. The zero-order chi connectivity index (χ0) is 21.7. The van der Waals surface area contributed by atoms with E-state index in [0.29, 0.717) is 27.1 Å². The summed E-state index contributed by atoms with van der Waals surface area (Å²) in [6.45, 7) is 2.30. The molecule has 30 heavy (non-hydrogen) atoms. The van der Waals surface area contributed by atoms with Gasteiger partial charge in [-0.1, -0.05) is 59.1 Å². The van der Waals surface area contributed by atoms with E-state index in [1.54, 1.807) is 19.2 Å². The quantitative estimate of drug-likeness (QED) is 0.181. The van der Waals surface area contributed by atoms with Crippen LogP contribution >= 0.6 is 45.8 Å². The molecule has 0 fully saturated rings. The monoisotopic (exact) mass is 549 g/mol. The first-order chi connectivity index (χ1) is 14.4. The summed E-state index contributed by atoms with van der Waals surface area (Å²) in [5.41, 5.74) is 4.28. The lowest BCUT2D eigenvalue weighted by Gasteiger charge is -2.14. The third-order valence-electron chi connectivity index (χ3n) is 4.43. The van der Waals surface area contributed by atoms with Gasteiger partial charge >= 0.3 is 0 Å². The van der Waals surface area contributed by atoms with Gasteiger partial charge in [-0.05, 0) is 71.0 Å². The Morgan fingerprint density at radius 1 is 1.10 bits per heavy atom. The number of aryl methyl sites for hydroxylation is 1. The van der Waals surface area contributed by atoms with Crippen LogP contribution in [0, 0.1) is 21.8 Å². The summed E-state index contributed by atoms with van der Waals surface area (Å²) in [5, 5.41) is 10.7. The molecular weight excluding hydrogens is 532 g/mol. The molecule has 0 aliphatic rings. The molecule has 0 saturated carbocycles. The van der Waals surface area contributed by atoms with Crippen molar-refractivity contribution >= 4 is 57.4 Å². The molecule has 3 rings (SSSR count). The van der Waals surface area contributed by atoms with E-state index in [2.05, 4.69) is 28.7 Å². The Morgan fingerprint density at radius 2 is 1.83 bits per heavy atom. The van der Waals surface area contributed by atoms with Crippen LogP contribution in [0.25, 0.3) is 11.6 Å². The van der Waals surface area contributed by atoms with Gasteiger partial charge in [0.15, 0.2) is 11.5 Å². The van der Waals surface area contributed by atoms with Crippen LogP contribution in [0.15, 0.2) is 54.6 Å². The van der Waals surface area contributed by atoms with Crippen molar-refractivity contribution in [1.29, 1.82) is 5.26 Å². The largest absolute Gasteiger partial charge is 0.493 e. The van der Waals surface area contributed by atoms with Gasteiger partial charge in [0.25, 0.3) is 0 Å². The van der Waals surface area contributed by atoms with Crippen molar-refractivity contribution in [3.63, 3.8) is 0 Å². The highest BCUT2D eigenvalue weighted by Crippen LogP contribution is 2.36. The van der Waals surface area contributed by atoms with Gasteiger partial charge in [-0.25, -0.2) is 0 Å². The Labute approximate surface area is 200 Å². The van der Waals surface area contributed by atoms with Crippen LogP contribution in [-0.4, -0.2) is 7.11 Å². The molecule has 0 unspecified atom stereocenters. The van der Waals surface area contributed by atoms with Gasteiger partial charge in [0.2, 0.25) is 0 Å². The maximum Gasteiger partial charge on any atom is 0.174 e. The second-order valence-corrected chi connectivity index (χ2v) is 8.60. The summed E-state index contributed by atoms with van der Waals surface area (Å²) in [4.78, 5) is 0. The second-order valence-electron chi connectivity index (χ2n) is 6.59. The summed E-state index contributed by atoms with van der Waals surface area (Å²) >= 11 is 14.4. The van der Waals surface area contributed by atoms with Gasteiger partial charge in [0.1, 0.15) is 6.61 Å². The first kappa shape index (κ1) is 22.5. The van der Waals surface area contributed by atoms with E-state index >= 15 is 0 Å². The van der Waals surface area contributed by atoms with Crippen molar-refractivity contribution < 1.29 is 9.47 Å². The molecule has 0 spiro atoms. The number of nitriles is 1. The minimum atomic E-state index is 0.282. The first-order valence-corrected chi connectivity index (χ1v) is 10.9. The fourth-order valence-electron chi connectivity index (χ4n) is 2.83. The molecule has 3 nitrogen and oxygen atoms in total. The van der Waals surface area contributed by atoms with E-state index in [9.17, 15) is 5.26 Å². The van der Waals surface area contributed by atoms with E-state index < -0.39 is 0 Å². The van der Waals surface area contributed by atoms with Crippen LogP contribution < -0.4 is 9.47 Å². The molecule has 0 saturated heterocycles. The van der Waals surface area contributed by atoms with Gasteiger partial charge in [-0.3, -0.25) is 0 Å². The summed E-state index contributed by atoms with van der Waals surface area (Å²) in [7, 11) is 1.59. The van der Waals surface area contributed by atoms with E-state index in [4.69, 9.17) is 32.7 Å². The average Bonchev–Trinajstić information content (AvgIpc) is 2.72. The molecule has 0 N–H and O–H groups in total. The SMILES string of the molecule is COc1cc(C=C(C#N)c2ccc(C)cc2)cc(I)c1OCc1ccc(Cl)cc1Cl. The van der Waals surface area contributed by atoms with Crippen LogP contribution in [0.5, 0.6) is 11.5 Å². The number of allylic oxidation sites excluding steroid dienone is 1. The van der Waals surface area contributed by atoms with E-state index in [-0.39, 0.29) is 6.61 Å². The normalized spacial score (nSPS) is 11.1. The van der Waals surface area contributed by atoms with Crippen molar-refractivity contribution in [3.05, 3.63) is 90.5 Å². The molecule has 3 aromatic rings. The van der Waals surface area contributed by atoms with Gasteiger partial charge in [0, 0.05) is 15.6 Å². The number of hydrogen-bond donors (Lipinski definition) is 0. The highest BCUT2D eigenvalue weighted by Gasteiger charge is 2.13. The molecule has 0 bridgehead atoms. The minimum absolute atomic E-state index is 0.282. The smallest absolute Gasteiger partial charge is 0.174 e. The zero-order valence-electron chi connectivity index (χ0n) is 16.4. The van der Waals surface area contributed by atoms with Crippen LogP contribution in [-0.2, 0) is 6.61 Å². The van der Waals surface area contributed by atoms with Crippen LogP contribution in [0.4, 0.5) is 0 Å². The van der Waals surface area contributed by atoms with Gasteiger partial charge < -0.3 is 9.47 Å². The van der Waals surface area contributed by atoms with E-state index in [1.807, 2.05) is 55.5 Å². The number of ether oxygens (including phenoxy) is 2. The number of methoxy groups -OCH3 is 1. The highest BCUT2D eigenvalue weighted by molar-refractivity contribution is 14.1. The van der Waals surface area contributed by atoms with Crippen molar-refractivity contribution in [1.82, 2.24) is 0 Å². The fourth-order valence-corrected chi connectivity index (χ4v) is 4.08. The molecule has 3 aromatic carbocycles. The molecule has 0 atom stereocenters. The molecular formula is C24H18Cl2INO2. The maximum atomic E-state index is 9.62. The Bertz CT molecular complexity index is 1140.